The number of alkyl halides is 3. The van der Waals surface area contributed by atoms with E-state index < -0.39 is 17.7 Å². The van der Waals surface area contributed by atoms with E-state index >= 15 is 0 Å². The standard InChI is InChI=1S/C9H5F3N2O/c10-9(11,12)8(15)7-2-1-6-5-13-3-4-14(6)7/h1-5H. The summed E-state index contributed by atoms with van der Waals surface area (Å²) >= 11 is 0. The first-order chi connectivity index (χ1) is 7.00. The molecule has 0 amide bonds. The molecule has 0 aliphatic heterocycles. The zero-order valence-corrected chi connectivity index (χ0v) is 7.32. The summed E-state index contributed by atoms with van der Waals surface area (Å²) < 4.78 is 37.6. The van der Waals surface area contributed by atoms with Crippen LogP contribution in [0.15, 0.2) is 30.7 Å². The molecule has 0 saturated carbocycles. The average molecular weight is 214 g/mol. The molecule has 0 atom stereocenters. The Balaban J connectivity index is 2.58. The van der Waals surface area contributed by atoms with E-state index in [1.807, 2.05) is 0 Å². The third kappa shape index (κ3) is 1.58. The number of ketones is 1. The number of carbonyl (C=O) groups is 1. The van der Waals surface area contributed by atoms with Gasteiger partial charge in [0.15, 0.2) is 0 Å². The van der Waals surface area contributed by atoms with Crippen LogP contribution in [0.25, 0.3) is 5.52 Å². The molecule has 0 unspecified atom stereocenters. The predicted molar refractivity (Wildman–Crippen MR) is 45.6 cm³/mol. The van der Waals surface area contributed by atoms with Crippen molar-refractivity contribution in [2.45, 2.75) is 6.18 Å². The van der Waals surface area contributed by atoms with Crippen LogP contribution in [-0.2, 0) is 0 Å². The Bertz CT molecular complexity index is 515. The summed E-state index contributed by atoms with van der Waals surface area (Å²) in [5, 5.41) is 0. The lowest BCUT2D eigenvalue weighted by Crippen LogP contribution is -2.24. The highest BCUT2D eigenvalue weighted by Crippen LogP contribution is 2.22. The molecule has 0 radical (unpaired) electrons. The SMILES string of the molecule is O=C(c1ccc2cnccn12)C(F)(F)F. The van der Waals surface area contributed by atoms with Crippen molar-refractivity contribution in [3.63, 3.8) is 0 Å². The molecule has 2 heterocycles. The smallest absolute Gasteiger partial charge is 0.311 e. The quantitative estimate of drug-likeness (QED) is 0.681. The molecular weight excluding hydrogens is 209 g/mol. The summed E-state index contributed by atoms with van der Waals surface area (Å²) in [7, 11) is 0. The molecule has 0 saturated heterocycles. The van der Waals surface area contributed by atoms with Gasteiger partial charge in [-0.25, -0.2) is 0 Å². The lowest BCUT2D eigenvalue weighted by atomic mass is 10.3. The van der Waals surface area contributed by atoms with Gasteiger partial charge in [-0.1, -0.05) is 0 Å². The third-order valence-electron chi connectivity index (χ3n) is 1.95. The minimum atomic E-state index is -4.85. The molecule has 2 aromatic heterocycles. The van der Waals surface area contributed by atoms with Crippen molar-refractivity contribution in [3.8, 4) is 0 Å². The van der Waals surface area contributed by atoms with E-state index in [0.29, 0.717) is 5.52 Å². The summed E-state index contributed by atoms with van der Waals surface area (Å²) in [6, 6.07) is 2.54. The van der Waals surface area contributed by atoms with Gasteiger partial charge in [0.2, 0.25) is 0 Å². The van der Waals surface area contributed by atoms with Gasteiger partial charge in [-0.3, -0.25) is 9.78 Å². The van der Waals surface area contributed by atoms with Gasteiger partial charge in [0.1, 0.15) is 0 Å². The van der Waals surface area contributed by atoms with E-state index in [1.165, 1.54) is 24.7 Å². The third-order valence-corrected chi connectivity index (χ3v) is 1.95. The molecule has 15 heavy (non-hydrogen) atoms. The average Bonchev–Trinajstić information content (AvgIpc) is 2.58. The summed E-state index contributed by atoms with van der Waals surface area (Å²) in [6.07, 6.45) is -0.834. The highest BCUT2D eigenvalue weighted by atomic mass is 19.4. The first-order valence-corrected chi connectivity index (χ1v) is 4.03. The molecule has 0 aliphatic carbocycles. The lowest BCUT2D eigenvalue weighted by molar-refractivity contribution is -0.0888. The number of hydrogen-bond donors (Lipinski definition) is 0. The maximum Gasteiger partial charge on any atom is 0.456 e. The van der Waals surface area contributed by atoms with Crippen LogP contribution >= 0.6 is 0 Å². The lowest BCUT2D eigenvalue weighted by Gasteiger charge is -2.04. The van der Waals surface area contributed by atoms with E-state index in [2.05, 4.69) is 4.98 Å². The molecule has 0 N–H and O–H groups in total. The Hall–Kier alpha value is -1.85. The van der Waals surface area contributed by atoms with Crippen LogP contribution in [0.4, 0.5) is 13.2 Å². The van der Waals surface area contributed by atoms with Crippen molar-refractivity contribution in [3.05, 3.63) is 36.4 Å². The van der Waals surface area contributed by atoms with E-state index in [1.54, 1.807) is 0 Å². The second-order valence-electron chi connectivity index (χ2n) is 2.92. The molecule has 2 rings (SSSR count). The largest absolute Gasteiger partial charge is 0.456 e. The number of Topliss-reactive ketones (excluding diaryl/α,β-unsaturated/α-hetero) is 1. The molecule has 78 valence electrons. The molecule has 6 heteroatoms. The van der Waals surface area contributed by atoms with Crippen LogP contribution in [0.3, 0.4) is 0 Å². The number of hydrogen-bond acceptors (Lipinski definition) is 2. The Morgan fingerprint density at radius 2 is 2.07 bits per heavy atom. The molecule has 0 spiro atoms. The van der Waals surface area contributed by atoms with Gasteiger partial charge in [0, 0.05) is 12.4 Å². The summed E-state index contributed by atoms with van der Waals surface area (Å²) in [5.41, 5.74) is 0.0463. The number of rotatable bonds is 1. The normalized spacial score (nSPS) is 11.9. The summed E-state index contributed by atoms with van der Waals surface area (Å²) in [5.74, 6) is -1.85. The van der Waals surface area contributed by atoms with E-state index in [-0.39, 0.29) is 0 Å². The Labute approximate surface area is 82.2 Å². The maximum atomic E-state index is 12.2. The van der Waals surface area contributed by atoms with Crippen molar-refractivity contribution >= 4 is 11.3 Å². The van der Waals surface area contributed by atoms with Gasteiger partial charge in [0.25, 0.3) is 5.78 Å². The predicted octanol–water partition coefficient (Wildman–Crippen LogP) is 2.08. The van der Waals surface area contributed by atoms with E-state index in [4.69, 9.17) is 0 Å². The van der Waals surface area contributed by atoms with Crippen molar-refractivity contribution < 1.29 is 18.0 Å². The minimum Gasteiger partial charge on any atom is -0.311 e. The van der Waals surface area contributed by atoms with Crippen molar-refractivity contribution in [1.29, 1.82) is 0 Å². The first kappa shape index (κ1) is 9.70. The van der Waals surface area contributed by atoms with Crippen molar-refractivity contribution in [1.82, 2.24) is 9.38 Å². The number of fused-ring (bicyclic) bond motifs is 1. The van der Waals surface area contributed by atoms with Gasteiger partial charge in [0.05, 0.1) is 17.4 Å². The molecule has 2 aromatic rings. The first-order valence-electron chi connectivity index (χ1n) is 4.03. The maximum absolute atomic E-state index is 12.2. The van der Waals surface area contributed by atoms with Crippen molar-refractivity contribution in [2.75, 3.05) is 0 Å². The van der Waals surface area contributed by atoms with Gasteiger partial charge in [-0.15, -0.1) is 0 Å². The van der Waals surface area contributed by atoms with Crippen LogP contribution in [0.2, 0.25) is 0 Å². The van der Waals surface area contributed by atoms with Crippen LogP contribution in [0.5, 0.6) is 0 Å². The molecule has 3 nitrogen and oxygen atoms in total. The fraction of sp³-hybridized carbons (Fsp3) is 0.111. The number of halogens is 3. The zero-order chi connectivity index (χ0) is 11.1. The van der Waals surface area contributed by atoms with Crippen LogP contribution in [-0.4, -0.2) is 21.3 Å². The molecule has 0 aliphatic rings. The molecular formula is C9H5F3N2O. The second-order valence-corrected chi connectivity index (χ2v) is 2.92. The van der Waals surface area contributed by atoms with E-state index in [0.717, 1.165) is 10.5 Å². The van der Waals surface area contributed by atoms with Crippen LogP contribution in [0, 0.1) is 0 Å². The highest BCUT2D eigenvalue weighted by Gasteiger charge is 2.40. The number of aromatic nitrogens is 2. The second kappa shape index (κ2) is 3.08. The number of carbonyl (C=O) groups excluding carboxylic acids is 1. The molecule has 0 fully saturated rings. The monoisotopic (exact) mass is 214 g/mol. The highest BCUT2D eigenvalue weighted by molar-refractivity contribution is 5.99. The minimum absolute atomic E-state index is 0.403. The Kier molecular flexibility index (Phi) is 1.99. The van der Waals surface area contributed by atoms with Crippen LogP contribution < -0.4 is 0 Å². The van der Waals surface area contributed by atoms with Crippen molar-refractivity contribution in [2.24, 2.45) is 0 Å². The Morgan fingerprint density at radius 1 is 1.33 bits per heavy atom. The van der Waals surface area contributed by atoms with E-state index in [9.17, 15) is 18.0 Å². The fourth-order valence-corrected chi connectivity index (χ4v) is 1.29. The summed E-state index contributed by atoms with van der Waals surface area (Å²) in [4.78, 5) is 14.7. The number of nitrogens with zero attached hydrogens (tertiary/aromatic N) is 2. The molecule has 0 aromatic carbocycles. The van der Waals surface area contributed by atoms with Gasteiger partial charge in [-0.05, 0) is 12.1 Å². The molecule has 0 bridgehead atoms. The fourth-order valence-electron chi connectivity index (χ4n) is 1.29. The van der Waals surface area contributed by atoms with Crippen LogP contribution in [0.1, 0.15) is 10.5 Å². The Morgan fingerprint density at radius 3 is 2.73 bits per heavy atom. The summed E-state index contributed by atoms with van der Waals surface area (Å²) in [6.45, 7) is 0. The zero-order valence-electron chi connectivity index (χ0n) is 7.32. The van der Waals surface area contributed by atoms with Gasteiger partial charge < -0.3 is 4.40 Å². The van der Waals surface area contributed by atoms with Gasteiger partial charge >= 0.3 is 6.18 Å². The van der Waals surface area contributed by atoms with Gasteiger partial charge in [-0.2, -0.15) is 13.2 Å². The topological polar surface area (TPSA) is 34.4 Å².